The summed E-state index contributed by atoms with van der Waals surface area (Å²) in [5.74, 6) is 0.624. The van der Waals surface area contributed by atoms with Crippen molar-refractivity contribution in [3.05, 3.63) is 47.4 Å². The zero-order chi connectivity index (χ0) is 18.0. The first-order valence-corrected chi connectivity index (χ1v) is 8.64. The number of carbonyl (C=O) groups excluding carboxylic acids is 1. The van der Waals surface area contributed by atoms with E-state index in [0.717, 1.165) is 12.8 Å². The molecule has 2 amide bonds. The predicted molar refractivity (Wildman–Crippen MR) is 90.3 cm³/mol. The van der Waals surface area contributed by atoms with Crippen molar-refractivity contribution < 1.29 is 13.7 Å². The molecule has 0 bridgehead atoms. The number of rotatable bonds is 6. The van der Waals surface area contributed by atoms with Gasteiger partial charge >= 0.3 is 6.03 Å². The molecule has 7 heteroatoms. The minimum absolute atomic E-state index is 0.138. The minimum Gasteiger partial charge on any atom is -0.340 e. The molecule has 1 aromatic heterocycles. The Kier molecular flexibility index (Phi) is 5.01. The molecule has 1 aliphatic rings. The lowest BCUT2D eigenvalue weighted by atomic mass is 10.1. The van der Waals surface area contributed by atoms with Crippen molar-refractivity contribution >= 4 is 6.03 Å². The molecule has 0 aliphatic heterocycles. The fourth-order valence-electron chi connectivity index (χ4n) is 3.00. The van der Waals surface area contributed by atoms with Crippen LogP contribution < -0.4 is 5.32 Å². The fraction of sp³-hybridized carbons (Fsp3) is 0.500. The summed E-state index contributed by atoms with van der Waals surface area (Å²) in [7, 11) is 0. The molecular formula is C18H23FN4O2. The largest absolute Gasteiger partial charge is 0.340 e. The molecule has 0 spiro atoms. The summed E-state index contributed by atoms with van der Waals surface area (Å²) in [4.78, 5) is 18.8. The van der Waals surface area contributed by atoms with Gasteiger partial charge < -0.3 is 14.7 Å². The normalized spacial score (nSPS) is 16.3. The van der Waals surface area contributed by atoms with E-state index in [2.05, 4.69) is 15.5 Å². The lowest BCUT2D eigenvalue weighted by molar-refractivity contribution is 0.169. The minimum atomic E-state index is -0.349. The van der Waals surface area contributed by atoms with Crippen LogP contribution in [-0.4, -0.2) is 27.1 Å². The van der Waals surface area contributed by atoms with Gasteiger partial charge in [0, 0.05) is 18.5 Å². The van der Waals surface area contributed by atoms with Gasteiger partial charge in [-0.3, -0.25) is 0 Å². The van der Waals surface area contributed by atoms with Crippen molar-refractivity contribution in [1.29, 1.82) is 0 Å². The third kappa shape index (κ3) is 3.81. The van der Waals surface area contributed by atoms with Gasteiger partial charge in [0.2, 0.25) is 5.89 Å². The highest BCUT2D eigenvalue weighted by molar-refractivity contribution is 5.76. The molecule has 2 atom stereocenters. The van der Waals surface area contributed by atoms with Gasteiger partial charge in [0.15, 0.2) is 5.82 Å². The number of aryl methyl sites for hydroxylation is 1. The van der Waals surface area contributed by atoms with Crippen molar-refractivity contribution in [2.24, 2.45) is 0 Å². The molecule has 134 valence electrons. The number of carbonyl (C=O) groups is 1. The van der Waals surface area contributed by atoms with Gasteiger partial charge in [-0.25, -0.2) is 9.18 Å². The highest BCUT2D eigenvalue weighted by Crippen LogP contribution is 2.35. The van der Waals surface area contributed by atoms with E-state index in [4.69, 9.17) is 4.52 Å². The predicted octanol–water partition coefficient (Wildman–Crippen LogP) is 3.90. The van der Waals surface area contributed by atoms with Crippen LogP contribution in [0.2, 0.25) is 0 Å². The molecule has 1 N–H and O–H groups in total. The molecule has 25 heavy (non-hydrogen) atoms. The second kappa shape index (κ2) is 7.21. The molecule has 1 aromatic carbocycles. The molecule has 2 aromatic rings. The third-order valence-corrected chi connectivity index (χ3v) is 4.51. The van der Waals surface area contributed by atoms with Gasteiger partial charge in [-0.1, -0.05) is 30.3 Å². The van der Waals surface area contributed by atoms with E-state index < -0.39 is 0 Å². The molecule has 1 fully saturated rings. The Morgan fingerprint density at radius 3 is 2.72 bits per heavy atom. The van der Waals surface area contributed by atoms with Crippen LogP contribution in [0.15, 0.2) is 28.8 Å². The molecule has 1 aliphatic carbocycles. The maximum atomic E-state index is 14.2. The second-order valence-electron chi connectivity index (χ2n) is 6.42. The van der Waals surface area contributed by atoms with E-state index in [1.165, 1.54) is 6.07 Å². The Balaban J connectivity index is 1.78. The number of nitrogens with one attached hydrogen (secondary N) is 1. The van der Waals surface area contributed by atoms with Crippen molar-refractivity contribution in [3.63, 3.8) is 0 Å². The van der Waals surface area contributed by atoms with Crippen LogP contribution in [-0.2, 0) is 0 Å². The Bertz CT molecular complexity index is 744. The summed E-state index contributed by atoms with van der Waals surface area (Å²) in [6.07, 6.45) is 2.51. The summed E-state index contributed by atoms with van der Waals surface area (Å²) in [5, 5.41) is 6.87. The first-order chi connectivity index (χ1) is 12.0. The Morgan fingerprint density at radius 1 is 1.44 bits per heavy atom. The van der Waals surface area contributed by atoms with Crippen LogP contribution in [0, 0.1) is 12.7 Å². The quantitative estimate of drug-likeness (QED) is 0.861. The number of hydrogen-bond donors (Lipinski definition) is 1. The SMILES string of the molecule is CCC(NC(=O)N(C1CC1)C(C)c1ccccc1F)c1noc(C)n1. The van der Waals surface area contributed by atoms with Crippen molar-refractivity contribution in [1.82, 2.24) is 20.4 Å². The van der Waals surface area contributed by atoms with Crippen molar-refractivity contribution in [2.45, 2.75) is 58.2 Å². The van der Waals surface area contributed by atoms with Crippen LogP contribution in [0.4, 0.5) is 9.18 Å². The van der Waals surface area contributed by atoms with E-state index >= 15 is 0 Å². The maximum Gasteiger partial charge on any atom is 0.318 e. The summed E-state index contributed by atoms with van der Waals surface area (Å²) >= 11 is 0. The first-order valence-electron chi connectivity index (χ1n) is 8.64. The van der Waals surface area contributed by atoms with E-state index in [0.29, 0.717) is 23.7 Å². The van der Waals surface area contributed by atoms with Crippen molar-refractivity contribution in [3.8, 4) is 0 Å². The molecule has 1 heterocycles. The molecular weight excluding hydrogens is 323 g/mol. The summed E-state index contributed by atoms with van der Waals surface area (Å²) < 4.78 is 19.2. The van der Waals surface area contributed by atoms with Gasteiger partial charge in [-0.15, -0.1) is 0 Å². The maximum absolute atomic E-state index is 14.2. The topological polar surface area (TPSA) is 71.3 Å². The van der Waals surface area contributed by atoms with Crippen LogP contribution in [0.25, 0.3) is 0 Å². The van der Waals surface area contributed by atoms with Gasteiger partial charge in [0.1, 0.15) is 5.82 Å². The third-order valence-electron chi connectivity index (χ3n) is 4.51. The number of nitrogens with zero attached hydrogens (tertiary/aromatic N) is 3. The van der Waals surface area contributed by atoms with Gasteiger partial charge in [0.25, 0.3) is 0 Å². The Hall–Kier alpha value is -2.44. The molecule has 0 saturated heterocycles. The van der Waals surface area contributed by atoms with Crippen LogP contribution in [0.1, 0.15) is 62.5 Å². The van der Waals surface area contributed by atoms with Crippen LogP contribution >= 0.6 is 0 Å². The Labute approximate surface area is 146 Å². The number of hydrogen-bond acceptors (Lipinski definition) is 4. The van der Waals surface area contributed by atoms with Gasteiger partial charge in [0.05, 0.1) is 12.1 Å². The number of halogens is 1. The van der Waals surface area contributed by atoms with Crippen LogP contribution in [0.3, 0.4) is 0 Å². The van der Waals surface area contributed by atoms with Crippen molar-refractivity contribution in [2.75, 3.05) is 0 Å². The fourth-order valence-corrected chi connectivity index (χ4v) is 3.00. The molecule has 0 radical (unpaired) electrons. The number of urea groups is 1. The lowest BCUT2D eigenvalue weighted by Crippen LogP contribution is -2.44. The average molecular weight is 346 g/mol. The van der Waals surface area contributed by atoms with Gasteiger partial charge in [-0.05, 0) is 32.3 Å². The molecule has 1 saturated carbocycles. The highest BCUT2D eigenvalue weighted by Gasteiger charge is 2.38. The average Bonchev–Trinajstić information content (AvgIpc) is 3.33. The monoisotopic (exact) mass is 346 g/mol. The Morgan fingerprint density at radius 2 is 2.16 bits per heavy atom. The van der Waals surface area contributed by atoms with E-state index in [9.17, 15) is 9.18 Å². The zero-order valence-electron chi connectivity index (χ0n) is 14.7. The van der Waals surface area contributed by atoms with E-state index in [-0.39, 0.29) is 30.0 Å². The van der Waals surface area contributed by atoms with Gasteiger partial charge in [-0.2, -0.15) is 4.98 Å². The van der Waals surface area contributed by atoms with E-state index in [1.807, 2.05) is 13.8 Å². The summed E-state index contributed by atoms with van der Waals surface area (Å²) in [6, 6.07) is 5.81. The second-order valence-corrected chi connectivity index (χ2v) is 6.42. The zero-order valence-corrected chi connectivity index (χ0v) is 14.7. The first kappa shape index (κ1) is 17.4. The number of amides is 2. The standard InChI is InChI=1S/C18H23FN4O2/c1-4-16(17-20-12(3)25-22-17)21-18(24)23(13-9-10-13)11(2)14-7-5-6-8-15(14)19/h5-8,11,13,16H,4,9-10H2,1-3H3,(H,21,24). The summed E-state index contributed by atoms with van der Waals surface area (Å²) in [6.45, 7) is 5.51. The van der Waals surface area contributed by atoms with Crippen LogP contribution in [0.5, 0.6) is 0 Å². The smallest absolute Gasteiger partial charge is 0.318 e. The van der Waals surface area contributed by atoms with E-state index in [1.54, 1.807) is 30.0 Å². The molecule has 3 rings (SSSR count). The number of aromatic nitrogens is 2. The molecule has 2 unspecified atom stereocenters. The lowest BCUT2D eigenvalue weighted by Gasteiger charge is -2.31. The number of benzene rings is 1. The summed E-state index contributed by atoms with van der Waals surface area (Å²) in [5.41, 5.74) is 0.521. The molecule has 6 nitrogen and oxygen atoms in total. The highest BCUT2D eigenvalue weighted by atomic mass is 19.1.